The maximum absolute atomic E-state index is 5.76. The fourth-order valence-corrected chi connectivity index (χ4v) is 1.26. The molecule has 1 aromatic rings. The van der Waals surface area contributed by atoms with Crippen molar-refractivity contribution in [3.8, 4) is 12.3 Å². The quantitative estimate of drug-likeness (QED) is 0.606. The number of nitrogens with zero attached hydrogens (tertiary/aromatic N) is 2. The molecular formula is C10H13ClN4. The molecule has 5 heteroatoms. The molecular weight excluding hydrogens is 212 g/mol. The van der Waals surface area contributed by atoms with E-state index in [1.807, 2.05) is 6.92 Å². The fourth-order valence-electron chi connectivity index (χ4n) is 1.12. The van der Waals surface area contributed by atoms with Crippen LogP contribution in [0.2, 0.25) is 5.15 Å². The Labute approximate surface area is 94.3 Å². The molecule has 3 N–H and O–H groups in total. The first-order chi connectivity index (χ1) is 7.19. The van der Waals surface area contributed by atoms with E-state index in [0.29, 0.717) is 17.9 Å². The van der Waals surface area contributed by atoms with Gasteiger partial charge in [-0.15, -0.1) is 12.3 Å². The first kappa shape index (κ1) is 11.6. The molecule has 0 aliphatic rings. The third-order valence-electron chi connectivity index (χ3n) is 2.03. The van der Waals surface area contributed by atoms with Crippen LogP contribution in [0.1, 0.15) is 19.8 Å². The van der Waals surface area contributed by atoms with E-state index in [1.165, 1.54) is 6.33 Å². The highest BCUT2D eigenvalue weighted by molar-refractivity contribution is 6.32. The molecule has 1 heterocycles. The van der Waals surface area contributed by atoms with Gasteiger partial charge in [-0.2, -0.15) is 0 Å². The first-order valence-corrected chi connectivity index (χ1v) is 5.02. The zero-order chi connectivity index (χ0) is 11.3. The number of hydrogen-bond donors (Lipinski definition) is 2. The monoisotopic (exact) mass is 224 g/mol. The molecule has 0 amide bonds. The second kappa shape index (κ2) is 5.42. The molecule has 80 valence electrons. The van der Waals surface area contributed by atoms with Gasteiger partial charge in [-0.05, 0) is 6.42 Å². The van der Waals surface area contributed by atoms with Gasteiger partial charge in [0.05, 0.1) is 0 Å². The second-order valence-electron chi connectivity index (χ2n) is 3.08. The molecule has 0 aliphatic heterocycles. The highest BCUT2D eigenvalue weighted by Crippen LogP contribution is 2.23. The van der Waals surface area contributed by atoms with E-state index in [2.05, 4.69) is 21.2 Å². The van der Waals surface area contributed by atoms with E-state index < -0.39 is 0 Å². The predicted octanol–water partition coefficient (Wildman–Crippen LogP) is 1.93. The third-order valence-corrected chi connectivity index (χ3v) is 2.33. The van der Waals surface area contributed by atoms with Crippen LogP contribution in [0.4, 0.5) is 11.5 Å². The summed E-state index contributed by atoms with van der Waals surface area (Å²) >= 11 is 5.76. The van der Waals surface area contributed by atoms with Gasteiger partial charge in [0.15, 0.2) is 11.0 Å². The zero-order valence-electron chi connectivity index (χ0n) is 8.50. The number of nitrogens with two attached hydrogens (primary N) is 1. The normalized spacial score (nSPS) is 11.8. The van der Waals surface area contributed by atoms with Crippen LogP contribution in [0.25, 0.3) is 0 Å². The van der Waals surface area contributed by atoms with Gasteiger partial charge in [0, 0.05) is 12.5 Å². The van der Waals surface area contributed by atoms with Gasteiger partial charge >= 0.3 is 0 Å². The van der Waals surface area contributed by atoms with E-state index in [4.69, 9.17) is 23.8 Å². The Morgan fingerprint density at radius 3 is 3.00 bits per heavy atom. The Kier molecular flexibility index (Phi) is 4.19. The van der Waals surface area contributed by atoms with Crippen LogP contribution in [0.5, 0.6) is 0 Å². The van der Waals surface area contributed by atoms with E-state index >= 15 is 0 Å². The maximum atomic E-state index is 5.76. The minimum atomic E-state index is 0.156. The van der Waals surface area contributed by atoms with E-state index in [-0.39, 0.29) is 11.2 Å². The largest absolute Gasteiger partial charge is 0.393 e. The lowest BCUT2D eigenvalue weighted by Crippen LogP contribution is -2.19. The summed E-state index contributed by atoms with van der Waals surface area (Å²) in [6.45, 7) is 2.04. The van der Waals surface area contributed by atoms with Crippen LogP contribution >= 0.6 is 11.6 Å². The number of aromatic nitrogens is 2. The van der Waals surface area contributed by atoms with Crippen molar-refractivity contribution in [3.63, 3.8) is 0 Å². The van der Waals surface area contributed by atoms with Crippen molar-refractivity contribution in [2.75, 3.05) is 11.1 Å². The van der Waals surface area contributed by atoms with Crippen LogP contribution in [-0.4, -0.2) is 16.0 Å². The van der Waals surface area contributed by atoms with Crippen molar-refractivity contribution < 1.29 is 0 Å². The molecule has 1 unspecified atom stereocenters. The van der Waals surface area contributed by atoms with Crippen molar-refractivity contribution in [1.29, 1.82) is 0 Å². The van der Waals surface area contributed by atoms with E-state index in [1.54, 1.807) is 0 Å². The Morgan fingerprint density at radius 2 is 2.40 bits per heavy atom. The van der Waals surface area contributed by atoms with Gasteiger partial charge in [-0.1, -0.05) is 18.5 Å². The van der Waals surface area contributed by atoms with Crippen molar-refractivity contribution in [2.45, 2.75) is 25.8 Å². The first-order valence-electron chi connectivity index (χ1n) is 4.65. The molecule has 4 nitrogen and oxygen atoms in total. The molecule has 0 spiro atoms. The minimum absolute atomic E-state index is 0.156. The molecule has 0 aliphatic carbocycles. The molecule has 0 saturated carbocycles. The molecule has 0 bridgehead atoms. The molecule has 1 aromatic heterocycles. The highest BCUT2D eigenvalue weighted by atomic mass is 35.5. The van der Waals surface area contributed by atoms with Gasteiger partial charge in [0.1, 0.15) is 12.0 Å². The summed E-state index contributed by atoms with van der Waals surface area (Å²) < 4.78 is 0. The van der Waals surface area contributed by atoms with Gasteiger partial charge in [0.25, 0.3) is 0 Å². The topological polar surface area (TPSA) is 63.8 Å². The van der Waals surface area contributed by atoms with Crippen molar-refractivity contribution in [1.82, 2.24) is 9.97 Å². The summed E-state index contributed by atoms with van der Waals surface area (Å²) in [5.74, 6) is 3.13. The molecule has 0 radical (unpaired) electrons. The number of terminal acetylenes is 1. The average molecular weight is 225 g/mol. The summed E-state index contributed by atoms with van der Waals surface area (Å²) in [5, 5.41) is 3.39. The maximum Gasteiger partial charge on any atom is 0.157 e. The van der Waals surface area contributed by atoms with Crippen LogP contribution in [0, 0.1) is 12.3 Å². The van der Waals surface area contributed by atoms with Crippen LogP contribution < -0.4 is 11.1 Å². The molecule has 0 aromatic carbocycles. The van der Waals surface area contributed by atoms with Crippen molar-refractivity contribution >= 4 is 23.1 Å². The molecule has 15 heavy (non-hydrogen) atoms. The lowest BCUT2D eigenvalue weighted by molar-refractivity contribution is 0.711. The van der Waals surface area contributed by atoms with Gasteiger partial charge in [-0.3, -0.25) is 0 Å². The Balaban J connectivity index is 2.80. The number of hydrogen-bond acceptors (Lipinski definition) is 4. The number of halogens is 1. The predicted molar refractivity (Wildman–Crippen MR) is 62.6 cm³/mol. The molecule has 0 fully saturated rings. The summed E-state index contributed by atoms with van der Waals surface area (Å²) in [5.41, 5.74) is 6.07. The summed E-state index contributed by atoms with van der Waals surface area (Å²) in [6, 6.07) is 0.156. The molecule has 1 rings (SSSR count). The highest BCUT2D eigenvalue weighted by Gasteiger charge is 2.10. The smallest absolute Gasteiger partial charge is 0.157 e. The minimum Gasteiger partial charge on any atom is -0.393 e. The average Bonchev–Trinajstić information content (AvgIpc) is 2.24. The zero-order valence-corrected chi connectivity index (χ0v) is 9.25. The number of nitrogens with one attached hydrogen (secondary N) is 1. The Bertz CT molecular complexity index is 372. The van der Waals surface area contributed by atoms with E-state index in [9.17, 15) is 0 Å². The Morgan fingerprint density at radius 1 is 1.67 bits per heavy atom. The number of anilines is 2. The second-order valence-corrected chi connectivity index (χ2v) is 3.44. The number of nitrogen functional groups attached to an aromatic ring is 1. The lowest BCUT2D eigenvalue weighted by atomic mass is 10.1. The third kappa shape index (κ3) is 3.00. The van der Waals surface area contributed by atoms with E-state index in [0.717, 1.165) is 6.42 Å². The molecule has 0 saturated heterocycles. The lowest BCUT2D eigenvalue weighted by Gasteiger charge is -2.16. The fraction of sp³-hybridized carbons (Fsp3) is 0.400. The van der Waals surface area contributed by atoms with Gasteiger partial charge in [0.2, 0.25) is 0 Å². The van der Waals surface area contributed by atoms with Gasteiger partial charge in [-0.25, -0.2) is 9.97 Å². The van der Waals surface area contributed by atoms with Crippen LogP contribution in [0.3, 0.4) is 0 Å². The van der Waals surface area contributed by atoms with Crippen LogP contribution in [0.15, 0.2) is 6.33 Å². The van der Waals surface area contributed by atoms with Gasteiger partial charge < -0.3 is 11.1 Å². The summed E-state index contributed by atoms with van der Waals surface area (Å²) in [7, 11) is 0. The summed E-state index contributed by atoms with van der Waals surface area (Å²) in [6.07, 6.45) is 8.13. The summed E-state index contributed by atoms with van der Waals surface area (Å²) in [4.78, 5) is 7.78. The van der Waals surface area contributed by atoms with Crippen molar-refractivity contribution in [2.24, 2.45) is 0 Å². The SMILES string of the molecule is C#CCC(CC)Nc1ncnc(Cl)c1N. The van der Waals surface area contributed by atoms with Crippen molar-refractivity contribution in [3.05, 3.63) is 11.5 Å². The standard InChI is InChI=1S/C10H13ClN4/c1-3-5-7(4-2)15-10-8(12)9(11)13-6-14-10/h1,6-7H,4-5,12H2,2H3,(H,13,14,15). The molecule has 1 atom stereocenters. The Hall–Kier alpha value is -1.47. The van der Waals surface area contributed by atoms with Crippen LogP contribution in [-0.2, 0) is 0 Å². The number of rotatable bonds is 4.